The van der Waals surface area contributed by atoms with Crippen molar-refractivity contribution in [1.29, 1.82) is 0 Å². The molecule has 0 saturated heterocycles. The second-order valence-corrected chi connectivity index (χ2v) is 8.48. The van der Waals surface area contributed by atoms with Crippen LogP contribution in [-0.2, 0) is 9.53 Å². The van der Waals surface area contributed by atoms with Gasteiger partial charge in [0.15, 0.2) is 0 Å². The first-order valence-corrected chi connectivity index (χ1v) is 7.88. The summed E-state index contributed by atoms with van der Waals surface area (Å²) in [5.74, 6) is 0.357. The number of nitrogens with one attached hydrogen (secondary N) is 1. The van der Waals surface area contributed by atoms with Gasteiger partial charge in [0.1, 0.15) is 6.04 Å². The van der Waals surface area contributed by atoms with Crippen molar-refractivity contribution in [2.75, 3.05) is 7.11 Å². The molecule has 1 N–H and O–H groups in total. The smallest absolute Gasteiger partial charge is 0.322 e. The quantitative estimate of drug-likeness (QED) is 0.781. The van der Waals surface area contributed by atoms with Crippen LogP contribution in [0.3, 0.4) is 0 Å². The zero-order valence-electron chi connectivity index (χ0n) is 14.4. The molecule has 0 aromatic heterocycles. The maximum Gasteiger partial charge on any atom is 0.322 e. The third-order valence-corrected chi connectivity index (χ3v) is 4.18. The van der Waals surface area contributed by atoms with Crippen molar-refractivity contribution < 1.29 is 9.53 Å². The number of carbonyl (C=O) groups excluding carboxylic acids is 1. The van der Waals surface area contributed by atoms with E-state index < -0.39 is 0 Å². The minimum atomic E-state index is -0.172. The Kier molecular flexibility index (Phi) is 5.65. The van der Waals surface area contributed by atoms with Crippen LogP contribution in [0.2, 0.25) is 0 Å². The summed E-state index contributed by atoms with van der Waals surface area (Å²) >= 11 is 0. The largest absolute Gasteiger partial charge is 0.468 e. The Morgan fingerprint density at radius 1 is 1.20 bits per heavy atom. The lowest BCUT2D eigenvalue weighted by Crippen LogP contribution is -2.50. The minimum absolute atomic E-state index is 0.125. The van der Waals surface area contributed by atoms with Gasteiger partial charge in [-0.15, -0.1) is 0 Å². The number of hydrogen-bond donors (Lipinski definition) is 1. The maximum atomic E-state index is 12.0. The van der Waals surface area contributed by atoms with E-state index in [1.54, 1.807) is 0 Å². The summed E-state index contributed by atoms with van der Waals surface area (Å²) in [6.07, 6.45) is 4.33. The number of methoxy groups -OCH3 is 1. The van der Waals surface area contributed by atoms with E-state index in [0.29, 0.717) is 22.8 Å². The van der Waals surface area contributed by atoms with Crippen LogP contribution in [0.4, 0.5) is 0 Å². The van der Waals surface area contributed by atoms with E-state index in [1.165, 1.54) is 13.5 Å². The summed E-state index contributed by atoms with van der Waals surface area (Å²) in [5, 5.41) is 3.57. The third-order valence-electron chi connectivity index (χ3n) is 4.18. The Morgan fingerprint density at radius 3 is 2.10 bits per heavy atom. The minimum Gasteiger partial charge on any atom is -0.468 e. The zero-order chi connectivity index (χ0) is 15.6. The number of rotatable bonds is 5. The molecule has 0 aromatic rings. The van der Waals surface area contributed by atoms with Gasteiger partial charge in [-0.3, -0.25) is 4.79 Å². The first-order chi connectivity index (χ1) is 9.04. The van der Waals surface area contributed by atoms with Crippen LogP contribution >= 0.6 is 0 Å². The Hall–Kier alpha value is -0.570. The molecule has 0 bridgehead atoms. The SMILES string of the molecule is COC(=O)C(CC(C)C)NC1CC(C)(C)CC(C)(C)C1. The highest BCUT2D eigenvalue weighted by Crippen LogP contribution is 2.45. The van der Waals surface area contributed by atoms with Crippen LogP contribution in [0.1, 0.15) is 67.2 Å². The molecular weight excluding hydrogens is 250 g/mol. The molecule has 1 aliphatic carbocycles. The van der Waals surface area contributed by atoms with Crippen molar-refractivity contribution >= 4 is 5.97 Å². The van der Waals surface area contributed by atoms with Crippen LogP contribution in [0.25, 0.3) is 0 Å². The summed E-state index contributed by atoms with van der Waals surface area (Å²) in [4.78, 5) is 12.0. The summed E-state index contributed by atoms with van der Waals surface area (Å²) in [6, 6.07) is 0.228. The fourth-order valence-corrected chi connectivity index (χ4v) is 4.09. The molecule has 1 unspecified atom stereocenters. The molecule has 1 atom stereocenters. The van der Waals surface area contributed by atoms with Gasteiger partial charge in [-0.2, -0.15) is 0 Å². The molecule has 0 aliphatic heterocycles. The van der Waals surface area contributed by atoms with E-state index in [9.17, 15) is 4.79 Å². The van der Waals surface area contributed by atoms with Gasteiger partial charge in [-0.25, -0.2) is 0 Å². The van der Waals surface area contributed by atoms with Crippen molar-refractivity contribution in [3.05, 3.63) is 0 Å². The van der Waals surface area contributed by atoms with Crippen LogP contribution in [0, 0.1) is 16.7 Å². The third kappa shape index (κ3) is 5.43. The van der Waals surface area contributed by atoms with Crippen molar-refractivity contribution in [3.8, 4) is 0 Å². The molecular formula is C17H33NO2. The molecule has 1 fully saturated rings. The molecule has 3 heteroatoms. The van der Waals surface area contributed by atoms with Gasteiger partial charge in [0.25, 0.3) is 0 Å². The van der Waals surface area contributed by atoms with Gasteiger partial charge < -0.3 is 10.1 Å². The average Bonchev–Trinajstić information content (AvgIpc) is 2.21. The van der Waals surface area contributed by atoms with Crippen molar-refractivity contribution in [2.45, 2.75) is 79.3 Å². The molecule has 0 amide bonds. The van der Waals surface area contributed by atoms with Gasteiger partial charge in [0.05, 0.1) is 7.11 Å². The lowest BCUT2D eigenvalue weighted by atomic mass is 9.63. The number of carbonyl (C=O) groups is 1. The second-order valence-electron chi connectivity index (χ2n) is 8.48. The molecule has 118 valence electrons. The van der Waals surface area contributed by atoms with Crippen LogP contribution in [0.15, 0.2) is 0 Å². The molecule has 0 heterocycles. The lowest BCUT2D eigenvalue weighted by Gasteiger charge is -2.46. The van der Waals surface area contributed by atoms with E-state index in [0.717, 1.165) is 19.3 Å². The topological polar surface area (TPSA) is 38.3 Å². The molecule has 0 spiro atoms. The lowest BCUT2D eigenvalue weighted by molar-refractivity contribution is -0.144. The molecule has 20 heavy (non-hydrogen) atoms. The molecule has 0 radical (unpaired) electrons. The first-order valence-electron chi connectivity index (χ1n) is 7.88. The number of esters is 1. The Bertz CT molecular complexity index is 318. The Balaban J connectivity index is 2.74. The predicted molar refractivity (Wildman–Crippen MR) is 83.6 cm³/mol. The second kappa shape index (κ2) is 6.46. The summed E-state index contributed by atoms with van der Waals surface area (Å²) in [5.41, 5.74) is 0.663. The Labute approximate surface area is 124 Å². The highest BCUT2D eigenvalue weighted by atomic mass is 16.5. The number of ether oxygens (including phenoxy) is 1. The fraction of sp³-hybridized carbons (Fsp3) is 0.941. The summed E-state index contributed by atoms with van der Waals surface area (Å²) < 4.78 is 4.96. The highest BCUT2D eigenvalue weighted by Gasteiger charge is 2.39. The monoisotopic (exact) mass is 283 g/mol. The van der Waals surface area contributed by atoms with Crippen LogP contribution in [-0.4, -0.2) is 25.2 Å². The van der Waals surface area contributed by atoms with Crippen molar-refractivity contribution in [1.82, 2.24) is 5.32 Å². The predicted octanol–water partition coefficient (Wildman–Crippen LogP) is 3.77. The van der Waals surface area contributed by atoms with E-state index in [2.05, 4.69) is 46.9 Å². The average molecular weight is 283 g/mol. The van der Waals surface area contributed by atoms with Gasteiger partial charge in [0, 0.05) is 6.04 Å². The molecule has 1 saturated carbocycles. The van der Waals surface area contributed by atoms with Crippen LogP contribution in [0.5, 0.6) is 0 Å². The van der Waals surface area contributed by atoms with Gasteiger partial charge in [0.2, 0.25) is 0 Å². The van der Waals surface area contributed by atoms with Gasteiger partial charge >= 0.3 is 5.97 Å². The standard InChI is InChI=1S/C17H33NO2/c1-12(2)8-14(15(19)20-7)18-13-9-16(3,4)11-17(5,6)10-13/h12-14,18H,8-11H2,1-7H3. The van der Waals surface area contributed by atoms with E-state index in [4.69, 9.17) is 4.74 Å². The van der Waals surface area contributed by atoms with Crippen LogP contribution < -0.4 is 5.32 Å². The van der Waals surface area contributed by atoms with E-state index >= 15 is 0 Å². The highest BCUT2D eigenvalue weighted by molar-refractivity contribution is 5.75. The first kappa shape index (κ1) is 17.5. The van der Waals surface area contributed by atoms with Gasteiger partial charge in [-0.05, 0) is 42.4 Å². The zero-order valence-corrected chi connectivity index (χ0v) is 14.4. The summed E-state index contributed by atoms with van der Waals surface area (Å²) in [7, 11) is 1.48. The number of hydrogen-bond acceptors (Lipinski definition) is 3. The summed E-state index contributed by atoms with van der Waals surface area (Å²) in [6.45, 7) is 13.6. The Morgan fingerprint density at radius 2 is 1.70 bits per heavy atom. The normalized spacial score (nSPS) is 23.6. The molecule has 3 nitrogen and oxygen atoms in total. The molecule has 0 aromatic carbocycles. The van der Waals surface area contributed by atoms with Crippen molar-refractivity contribution in [2.24, 2.45) is 16.7 Å². The molecule has 1 rings (SSSR count). The van der Waals surface area contributed by atoms with E-state index in [-0.39, 0.29) is 12.0 Å². The van der Waals surface area contributed by atoms with Crippen molar-refractivity contribution in [3.63, 3.8) is 0 Å². The molecule has 1 aliphatic rings. The van der Waals surface area contributed by atoms with E-state index in [1.807, 2.05) is 0 Å². The fourth-order valence-electron chi connectivity index (χ4n) is 4.09. The van der Waals surface area contributed by atoms with Gasteiger partial charge in [-0.1, -0.05) is 41.5 Å². The maximum absolute atomic E-state index is 12.0.